The molecule has 0 aliphatic heterocycles. The Labute approximate surface area is 207 Å². The molecule has 36 heavy (non-hydrogen) atoms. The van der Waals surface area contributed by atoms with Gasteiger partial charge in [-0.25, -0.2) is 14.6 Å². The minimum absolute atomic E-state index is 0.0900. The smallest absolute Gasteiger partial charge is 0.341 e. The average molecular weight is 488 g/mol. The number of aromatic nitrogens is 2. The quantitative estimate of drug-likeness (QED) is 0.282. The number of methoxy groups -OCH3 is 4. The monoisotopic (exact) mass is 488 g/mol. The highest BCUT2D eigenvalue weighted by Gasteiger charge is 2.33. The summed E-state index contributed by atoms with van der Waals surface area (Å²) in [6, 6.07) is 13.9. The van der Waals surface area contributed by atoms with Gasteiger partial charge in [-0.3, -0.25) is 9.20 Å². The van der Waals surface area contributed by atoms with Crippen LogP contribution in [0.4, 0.5) is 0 Å². The van der Waals surface area contributed by atoms with Crippen LogP contribution in [0.15, 0.2) is 54.9 Å². The molecule has 0 atom stereocenters. The summed E-state index contributed by atoms with van der Waals surface area (Å²) in [5.41, 5.74) is 2.47. The first kappa shape index (κ1) is 24.5. The second-order valence-electron chi connectivity index (χ2n) is 7.88. The number of nitrogens with zero attached hydrogens (tertiary/aromatic N) is 2. The first-order valence-corrected chi connectivity index (χ1v) is 10.9. The van der Waals surface area contributed by atoms with Crippen molar-refractivity contribution in [1.29, 1.82) is 0 Å². The van der Waals surface area contributed by atoms with Crippen LogP contribution in [0.1, 0.15) is 42.3 Å². The van der Waals surface area contributed by atoms with Crippen molar-refractivity contribution in [3.05, 3.63) is 82.8 Å². The third-order valence-corrected chi connectivity index (χ3v) is 5.78. The van der Waals surface area contributed by atoms with Gasteiger partial charge in [-0.15, -0.1) is 0 Å². The first-order valence-electron chi connectivity index (χ1n) is 10.9. The second kappa shape index (κ2) is 9.91. The molecule has 0 radical (unpaired) electrons. The Morgan fingerprint density at radius 2 is 1.50 bits per heavy atom. The summed E-state index contributed by atoms with van der Waals surface area (Å²) < 4.78 is 21.9. The van der Waals surface area contributed by atoms with Crippen molar-refractivity contribution in [2.45, 2.75) is 6.92 Å². The number of esters is 2. The largest absolute Gasteiger partial charge is 0.493 e. The van der Waals surface area contributed by atoms with E-state index in [2.05, 4.69) is 4.98 Å². The summed E-state index contributed by atoms with van der Waals surface area (Å²) in [5, 5.41) is 0. The van der Waals surface area contributed by atoms with Crippen molar-refractivity contribution in [2.24, 2.45) is 0 Å². The van der Waals surface area contributed by atoms with E-state index in [1.54, 1.807) is 12.1 Å². The minimum Gasteiger partial charge on any atom is -0.493 e. The van der Waals surface area contributed by atoms with Crippen LogP contribution in [0, 0.1) is 6.92 Å². The zero-order valence-corrected chi connectivity index (χ0v) is 20.4. The van der Waals surface area contributed by atoms with Crippen LogP contribution in [0.2, 0.25) is 0 Å². The summed E-state index contributed by atoms with van der Waals surface area (Å²) in [4.78, 5) is 44.1. The van der Waals surface area contributed by atoms with Gasteiger partial charge in [0.25, 0.3) is 0 Å². The van der Waals surface area contributed by atoms with Crippen LogP contribution in [0.5, 0.6) is 11.5 Å². The van der Waals surface area contributed by atoms with Gasteiger partial charge in [-0.2, -0.15) is 0 Å². The molecule has 0 unspecified atom stereocenters. The normalized spacial score (nSPS) is 10.7. The molecular weight excluding hydrogens is 464 g/mol. The third-order valence-electron chi connectivity index (χ3n) is 5.78. The van der Waals surface area contributed by atoms with Gasteiger partial charge < -0.3 is 18.9 Å². The van der Waals surface area contributed by atoms with E-state index in [1.807, 2.05) is 31.2 Å². The van der Waals surface area contributed by atoms with E-state index in [9.17, 15) is 14.4 Å². The van der Waals surface area contributed by atoms with Crippen LogP contribution in [-0.4, -0.2) is 55.5 Å². The molecule has 0 spiro atoms. The lowest BCUT2D eigenvalue weighted by Gasteiger charge is -2.10. The van der Waals surface area contributed by atoms with E-state index in [4.69, 9.17) is 18.9 Å². The molecule has 0 bridgehead atoms. The van der Waals surface area contributed by atoms with Crippen LogP contribution < -0.4 is 9.47 Å². The average Bonchev–Trinajstić information content (AvgIpc) is 3.25. The van der Waals surface area contributed by atoms with E-state index >= 15 is 0 Å². The molecule has 4 aromatic rings. The van der Waals surface area contributed by atoms with Crippen LogP contribution in [0.3, 0.4) is 0 Å². The van der Waals surface area contributed by atoms with Crippen molar-refractivity contribution in [2.75, 3.05) is 28.4 Å². The number of carbonyl (C=O) groups is 3. The minimum atomic E-state index is -0.861. The topological polar surface area (TPSA) is 105 Å². The van der Waals surface area contributed by atoms with Crippen molar-refractivity contribution in [1.82, 2.24) is 9.38 Å². The van der Waals surface area contributed by atoms with Gasteiger partial charge in [0.05, 0.1) is 39.6 Å². The van der Waals surface area contributed by atoms with E-state index in [0.717, 1.165) is 11.1 Å². The van der Waals surface area contributed by atoms with Gasteiger partial charge in [-0.05, 0) is 37.3 Å². The molecule has 184 valence electrons. The number of aryl methyl sites for hydroxylation is 1. The number of ketones is 1. The summed E-state index contributed by atoms with van der Waals surface area (Å²) >= 11 is 0. The van der Waals surface area contributed by atoms with Gasteiger partial charge in [0.15, 0.2) is 11.5 Å². The van der Waals surface area contributed by atoms with E-state index in [1.165, 1.54) is 51.3 Å². The lowest BCUT2D eigenvalue weighted by molar-refractivity contribution is 0.0556. The molecule has 4 rings (SSSR count). The Kier molecular flexibility index (Phi) is 6.73. The molecule has 0 amide bonds. The highest BCUT2D eigenvalue weighted by Crippen LogP contribution is 2.33. The number of hydrogen-bond acceptors (Lipinski definition) is 8. The maximum Gasteiger partial charge on any atom is 0.341 e. The number of carbonyl (C=O) groups excluding carboxylic acids is 3. The lowest BCUT2D eigenvalue weighted by atomic mass is 10.0. The molecule has 0 saturated carbocycles. The fraction of sp³-hybridized carbons (Fsp3) is 0.185. The fourth-order valence-electron chi connectivity index (χ4n) is 4.07. The zero-order valence-electron chi connectivity index (χ0n) is 20.4. The van der Waals surface area contributed by atoms with Gasteiger partial charge in [0, 0.05) is 11.1 Å². The molecule has 2 heterocycles. The van der Waals surface area contributed by atoms with Crippen molar-refractivity contribution in [3.8, 4) is 22.8 Å². The lowest BCUT2D eigenvalue weighted by Crippen LogP contribution is -2.15. The summed E-state index contributed by atoms with van der Waals surface area (Å²) in [5.74, 6) is -1.44. The van der Waals surface area contributed by atoms with Gasteiger partial charge >= 0.3 is 11.9 Å². The number of rotatable bonds is 7. The maximum atomic E-state index is 13.8. The van der Waals surface area contributed by atoms with E-state index < -0.39 is 17.7 Å². The van der Waals surface area contributed by atoms with Crippen LogP contribution >= 0.6 is 0 Å². The Hall–Kier alpha value is -4.66. The highest BCUT2D eigenvalue weighted by molar-refractivity contribution is 6.20. The Bertz CT molecular complexity index is 1500. The van der Waals surface area contributed by atoms with Gasteiger partial charge in [0.2, 0.25) is 5.78 Å². The number of fused-ring (bicyclic) bond motifs is 1. The first-order chi connectivity index (χ1) is 17.3. The zero-order chi connectivity index (χ0) is 26.0. The Balaban J connectivity index is 2.03. The van der Waals surface area contributed by atoms with Gasteiger partial charge in [0.1, 0.15) is 23.1 Å². The van der Waals surface area contributed by atoms with Crippen LogP contribution in [0.25, 0.3) is 16.8 Å². The molecule has 0 fully saturated rings. The molecule has 9 heteroatoms. The summed E-state index contributed by atoms with van der Waals surface area (Å²) in [7, 11) is 5.30. The number of hydrogen-bond donors (Lipinski definition) is 0. The number of benzene rings is 2. The Morgan fingerprint density at radius 3 is 2.14 bits per heavy atom. The molecule has 9 nitrogen and oxygen atoms in total. The second-order valence-corrected chi connectivity index (χ2v) is 7.88. The van der Waals surface area contributed by atoms with Crippen molar-refractivity contribution < 1.29 is 33.3 Å². The van der Waals surface area contributed by atoms with Gasteiger partial charge in [-0.1, -0.05) is 23.8 Å². The van der Waals surface area contributed by atoms with Crippen molar-refractivity contribution in [3.63, 3.8) is 0 Å². The van der Waals surface area contributed by atoms with E-state index in [-0.39, 0.29) is 27.9 Å². The predicted molar refractivity (Wildman–Crippen MR) is 131 cm³/mol. The molecule has 0 N–H and O–H groups in total. The molecule has 2 aromatic carbocycles. The maximum absolute atomic E-state index is 13.8. The molecule has 0 aliphatic rings. The standard InChI is InChI=1S/C27H24N2O7/c1-15-7-6-8-16(11-15)18-13-19-22(26(31)35-4)23(27(32)36-5)24(29(19)14-28-18)25(30)17-9-10-20(33-2)21(12-17)34-3/h6-14H,1-5H3. The number of ether oxygens (including phenoxy) is 4. The SMILES string of the molecule is COC(=O)c1c(C(=O)OC)c2cc(-c3cccc(C)c3)ncn2c1C(=O)c1ccc(OC)c(OC)c1. The summed E-state index contributed by atoms with van der Waals surface area (Å²) in [6.45, 7) is 1.95. The molecule has 2 aromatic heterocycles. The van der Waals surface area contributed by atoms with E-state index in [0.29, 0.717) is 17.2 Å². The highest BCUT2D eigenvalue weighted by atomic mass is 16.5. The third kappa shape index (κ3) is 4.15. The van der Waals surface area contributed by atoms with Crippen molar-refractivity contribution >= 4 is 23.2 Å². The van der Waals surface area contributed by atoms with Crippen LogP contribution in [-0.2, 0) is 9.47 Å². The molecule has 0 saturated heterocycles. The molecular formula is C27H24N2O7. The fourth-order valence-corrected chi connectivity index (χ4v) is 4.07. The predicted octanol–water partition coefficient (Wildman–Crippen LogP) is 4.13. The summed E-state index contributed by atoms with van der Waals surface area (Å²) in [6.07, 6.45) is 1.40. The molecule has 0 aliphatic carbocycles. The Morgan fingerprint density at radius 1 is 0.806 bits per heavy atom.